The SMILES string of the molecule is Cc1nn(CC(C)C)c(C)c1CC(=O)NNC(=O)Cc1ccc(F)cc1. The highest BCUT2D eigenvalue weighted by Gasteiger charge is 2.16. The molecule has 0 aliphatic heterocycles. The van der Waals surface area contributed by atoms with E-state index in [0.717, 1.165) is 23.5 Å². The van der Waals surface area contributed by atoms with Gasteiger partial charge in [-0.2, -0.15) is 5.10 Å². The van der Waals surface area contributed by atoms with Crippen LogP contribution in [-0.2, 0) is 29.0 Å². The lowest BCUT2D eigenvalue weighted by Crippen LogP contribution is -2.43. The Bertz CT molecular complexity index is 782. The van der Waals surface area contributed by atoms with Crippen LogP contribution in [0, 0.1) is 25.6 Å². The van der Waals surface area contributed by atoms with Crippen molar-refractivity contribution in [2.75, 3.05) is 0 Å². The Balaban J connectivity index is 1.87. The minimum Gasteiger partial charge on any atom is -0.273 e. The van der Waals surface area contributed by atoms with Gasteiger partial charge in [-0.05, 0) is 37.5 Å². The average Bonchev–Trinajstić information content (AvgIpc) is 2.82. The average molecular weight is 360 g/mol. The van der Waals surface area contributed by atoms with E-state index in [2.05, 4.69) is 29.8 Å². The molecule has 0 saturated heterocycles. The number of benzene rings is 1. The molecule has 2 N–H and O–H groups in total. The minimum absolute atomic E-state index is 0.0605. The molecular weight excluding hydrogens is 335 g/mol. The summed E-state index contributed by atoms with van der Waals surface area (Å²) < 4.78 is 14.8. The van der Waals surface area contributed by atoms with E-state index in [0.29, 0.717) is 11.5 Å². The standard InChI is InChI=1S/C19H25FN4O2/c1-12(2)11-24-14(4)17(13(3)23-24)10-19(26)22-21-18(25)9-15-5-7-16(20)8-6-15/h5-8,12H,9-11H2,1-4H3,(H,21,25)(H,22,26). The third-order valence-corrected chi connectivity index (χ3v) is 4.03. The van der Waals surface area contributed by atoms with Crippen molar-refractivity contribution in [3.63, 3.8) is 0 Å². The van der Waals surface area contributed by atoms with Crippen molar-refractivity contribution in [3.05, 3.63) is 52.6 Å². The van der Waals surface area contributed by atoms with Gasteiger partial charge in [-0.25, -0.2) is 4.39 Å². The van der Waals surface area contributed by atoms with Gasteiger partial charge in [-0.15, -0.1) is 0 Å². The zero-order valence-electron chi connectivity index (χ0n) is 15.6. The summed E-state index contributed by atoms with van der Waals surface area (Å²) in [5.41, 5.74) is 8.12. The lowest BCUT2D eigenvalue weighted by atomic mass is 10.1. The van der Waals surface area contributed by atoms with Gasteiger partial charge in [-0.3, -0.25) is 25.1 Å². The van der Waals surface area contributed by atoms with E-state index in [9.17, 15) is 14.0 Å². The maximum Gasteiger partial charge on any atom is 0.242 e. The molecule has 2 rings (SSSR count). The molecular formula is C19H25FN4O2. The second-order valence-electron chi connectivity index (χ2n) is 6.80. The molecule has 7 heteroatoms. The second kappa shape index (κ2) is 8.60. The molecule has 2 aromatic rings. The minimum atomic E-state index is -0.367. The van der Waals surface area contributed by atoms with Crippen LogP contribution in [0.15, 0.2) is 24.3 Å². The number of hydrogen-bond acceptors (Lipinski definition) is 3. The number of halogens is 1. The van der Waals surface area contributed by atoms with Crippen molar-refractivity contribution in [2.24, 2.45) is 5.92 Å². The van der Waals surface area contributed by atoms with Crippen LogP contribution in [-0.4, -0.2) is 21.6 Å². The van der Waals surface area contributed by atoms with Gasteiger partial charge >= 0.3 is 0 Å². The Morgan fingerprint density at radius 1 is 1.08 bits per heavy atom. The van der Waals surface area contributed by atoms with Crippen LogP contribution in [0.3, 0.4) is 0 Å². The molecule has 26 heavy (non-hydrogen) atoms. The van der Waals surface area contributed by atoms with Gasteiger partial charge in [0.15, 0.2) is 0 Å². The summed E-state index contributed by atoms with van der Waals surface area (Å²) in [7, 11) is 0. The fourth-order valence-corrected chi connectivity index (χ4v) is 2.69. The number of aromatic nitrogens is 2. The summed E-state index contributed by atoms with van der Waals surface area (Å²) in [4.78, 5) is 24.0. The number of carbonyl (C=O) groups excluding carboxylic acids is 2. The first kappa shape index (κ1) is 19.6. The van der Waals surface area contributed by atoms with Crippen LogP contribution >= 0.6 is 0 Å². The monoisotopic (exact) mass is 360 g/mol. The van der Waals surface area contributed by atoms with Crippen molar-refractivity contribution >= 4 is 11.8 Å². The molecule has 0 fully saturated rings. The van der Waals surface area contributed by atoms with Gasteiger partial charge < -0.3 is 0 Å². The summed E-state index contributed by atoms with van der Waals surface area (Å²) >= 11 is 0. The van der Waals surface area contributed by atoms with E-state index in [1.165, 1.54) is 24.3 Å². The molecule has 140 valence electrons. The first-order valence-electron chi connectivity index (χ1n) is 8.61. The Hall–Kier alpha value is -2.70. The first-order valence-corrected chi connectivity index (χ1v) is 8.61. The Morgan fingerprint density at radius 3 is 2.23 bits per heavy atom. The number of hydrazine groups is 1. The quantitative estimate of drug-likeness (QED) is 0.776. The van der Waals surface area contributed by atoms with E-state index < -0.39 is 0 Å². The predicted octanol–water partition coefficient (Wildman–Crippen LogP) is 2.23. The molecule has 0 aliphatic carbocycles. The molecule has 0 atom stereocenters. The van der Waals surface area contributed by atoms with Gasteiger partial charge in [-0.1, -0.05) is 26.0 Å². The number of nitrogens with one attached hydrogen (secondary N) is 2. The number of aryl methyl sites for hydroxylation is 1. The van der Waals surface area contributed by atoms with Gasteiger partial charge in [0.1, 0.15) is 5.82 Å². The Morgan fingerprint density at radius 2 is 1.65 bits per heavy atom. The van der Waals surface area contributed by atoms with Crippen LogP contribution in [0.25, 0.3) is 0 Å². The summed E-state index contributed by atoms with van der Waals surface area (Å²) in [6, 6.07) is 5.66. The van der Waals surface area contributed by atoms with Gasteiger partial charge in [0.25, 0.3) is 0 Å². The van der Waals surface area contributed by atoms with Crippen LogP contribution in [0.5, 0.6) is 0 Å². The molecule has 1 aromatic heterocycles. The number of carbonyl (C=O) groups is 2. The smallest absolute Gasteiger partial charge is 0.242 e. The number of nitrogens with zero attached hydrogens (tertiary/aromatic N) is 2. The Labute approximate surface area is 152 Å². The molecule has 2 amide bonds. The van der Waals surface area contributed by atoms with Crippen LogP contribution in [0.1, 0.15) is 36.4 Å². The molecule has 0 radical (unpaired) electrons. The van der Waals surface area contributed by atoms with E-state index in [1.54, 1.807) is 0 Å². The highest BCUT2D eigenvalue weighted by Crippen LogP contribution is 2.15. The third kappa shape index (κ3) is 5.40. The summed E-state index contributed by atoms with van der Waals surface area (Å²) in [6.07, 6.45) is 0.206. The van der Waals surface area contributed by atoms with E-state index in [1.807, 2.05) is 18.5 Å². The molecule has 0 saturated carbocycles. The summed E-state index contributed by atoms with van der Waals surface area (Å²) in [6.45, 7) is 8.83. The van der Waals surface area contributed by atoms with Crippen molar-refractivity contribution < 1.29 is 14.0 Å². The van der Waals surface area contributed by atoms with Crippen molar-refractivity contribution in [3.8, 4) is 0 Å². The molecule has 0 aliphatic rings. The van der Waals surface area contributed by atoms with E-state index in [4.69, 9.17) is 0 Å². The summed E-state index contributed by atoms with van der Waals surface area (Å²) in [5, 5.41) is 4.48. The second-order valence-corrected chi connectivity index (χ2v) is 6.80. The maximum absolute atomic E-state index is 12.9. The van der Waals surface area contributed by atoms with Gasteiger partial charge in [0, 0.05) is 17.8 Å². The number of hydrogen-bond donors (Lipinski definition) is 2. The normalized spacial score (nSPS) is 10.8. The zero-order valence-corrected chi connectivity index (χ0v) is 15.6. The van der Waals surface area contributed by atoms with Crippen LogP contribution in [0.2, 0.25) is 0 Å². The maximum atomic E-state index is 12.9. The lowest BCUT2D eigenvalue weighted by Gasteiger charge is -2.09. The summed E-state index contributed by atoms with van der Waals surface area (Å²) in [5.74, 6) is -0.576. The van der Waals surface area contributed by atoms with Gasteiger partial charge in [0.05, 0.1) is 18.5 Å². The highest BCUT2D eigenvalue weighted by atomic mass is 19.1. The number of amides is 2. The number of rotatable bonds is 6. The topological polar surface area (TPSA) is 76.0 Å². The lowest BCUT2D eigenvalue weighted by molar-refractivity contribution is -0.128. The van der Waals surface area contributed by atoms with Gasteiger partial charge in [0.2, 0.25) is 11.8 Å². The largest absolute Gasteiger partial charge is 0.273 e. The molecule has 0 spiro atoms. The van der Waals surface area contributed by atoms with Crippen molar-refractivity contribution in [1.82, 2.24) is 20.6 Å². The van der Waals surface area contributed by atoms with Crippen molar-refractivity contribution in [2.45, 2.75) is 47.1 Å². The van der Waals surface area contributed by atoms with E-state index in [-0.39, 0.29) is 30.5 Å². The zero-order chi connectivity index (χ0) is 19.3. The molecule has 0 bridgehead atoms. The fraction of sp³-hybridized carbons (Fsp3) is 0.421. The van der Waals surface area contributed by atoms with Crippen LogP contribution < -0.4 is 10.9 Å². The van der Waals surface area contributed by atoms with Crippen molar-refractivity contribution in [1.29, 1.82) is 0 Å². The molecule has 1 aromatic carbocycles. The third-order valence-electron chi connectivity index (χ3n) is 4.03. The molecule has 1 heterocycles. The molecule has 6 nitrogen and oxygen atoms in total. The first-order chi connectivity index (χ1) is 12.3. The Kier molecular flexibility index (Phi) is 6.49. The highest BCUT2D eigenvalue weighted by molar-refractivity contribution is 5.84. The molecule has 0 unspecified atom stereocenters. The van der Waals surface area contributed by atoms with E-state index >= 15 is 0 Å². The predicted molar refractivity (Wildman–Crippen MR) is 96.6 cm³/mol. The van der Waals surface area contributed by atoms with Crippen LogP contribution in [0.4, 0.5) is 4.39 Å². The fourth-order valence-electron chi connectivity index (χ4n) is 2.69.